The van der Waals surface area contributed by atoms with Crippen molar-refractivity contribution in [2.45, 2.75) is 57.7 Å². The van der Waals surface area contributed by atoms with Gasteiger partial charge in [-0.25, -0.2) is 4.39 Å². The smallest absolute Gasteiger partial charge is 0.251 e. The molecule has 0 radical (unpaired) electrons. The number of carbonyl (C=O) groups excluding carboxylic acids is 2. The van der Waals surface area contributed by atoms with Gasteiger partial charge in [0.25, 0.3) is 5.91 Å². The molecule has 1 fully saturated rings. The predicted octanol–water partition coefficient (Wildman–Crippen LogP) is 2.89. The molecular weight excluding hydrogens is 357 g/mol. The summed E-state index contributed by atoms with van der Waals surface area (Å²) in [5.41, 5.74) is 0.820. The summed E-state index contributed by atoms with van der Waals surface area (Å²) in [6.07, 6.45) is 7.48. The van der Waals surface area contributed by atoms with E-state index >= 15 is 0 Å². The lowest BCUT2D eigenvalue weighted by atomic mass is 10.0. The van der Waals surface area contributed by atoms with E-state index in [0.29, 0.717) is 17.5 Å². The highest BCUT2D eigenvalue weighted by atomic mass is 19.1. The van der Waals surface area contributed by atoms with E-state index in [2.05, 4.69) is 22.4 Å². The summed E-state index contributed by atoms with van der Waals surface area (Å²) < 4.78 is 13.8. The Hall–Kier alpha value is -2.21. The molecule has 0 saturated carbocycles. The first kappa shape index (κ1) is 20.5. The molecule has 2 unspecified atom stereocenters. The van der Waals surface area contributed by atoms with E-state index < -0.39 is 0 Å². The van der Waals surface area contributed by atoms with E-state index in [0.717, 1.165) is 32.4 Å². The van der Waals surface area contributed by atoms with Crippen LogP contribution in [0, 0.1) is 12.7 Å². The number of hydrogen-bond acceptors (Lipinski definition) is 3. The van der Waals surface area contributed by atoms with Crippen LogP contribution in [0.2, 0.25) is 0 Å². The molecule has 2 aliphatic heterocycles. The molecule has 5 nitrogen and oxygen atoms in total. The van der Waals surface area contributed by atoms with Gasteiger partial charge >= 0.3 is 0 Å². The normalized spacial score (nSPS) is 23.6. The summed E-state index contributed by atoms with van der Waals surface area (Å²) in [5, 5.41) is 2.96. The number of halogens is 1. The molecule has 1 N–H and O–H groups in total. The number of likely N-dealkylation sites (tertiary alicyclic amines) is 1. The van der Waals surface area contributed by atoms with E-state index in [4.69, 9.17) is 0 Å². The first-order valence-electron chi connectivity index (χ1n) is 10.1. The molecule has 2 heterocycles. The second-order valence-electron chi connectivity index (χ2n) is 8.03. The first-order valence-corrected chi connectivity index (χ1v) is 10.1. The van der Waals surface area contributed by atoms with Gasteiger partial charge in [-0.2, -0.15) is 0 Å². The molecule has 2 aliphatic rings. The van der Waals surface area contributed by atoms with Crippen LogP contribution in [0.1, 0.15) is 48.5 Å². The predicted molar refractivity (Wildman–Crippen MR) is 108 cm³/mol. The summed E-state index contributed by atoms with van der Waals surface area (Å²) in [7, 11) is 2.05. The molecule has 0 aliphatic carbocycles. The molecule has 0 bridgehead atoms. The Morgan fingerprint density at radius 1 is 1.32 bits per heavy atom. The van der Waals surface area contributed by atoms with Crippen molar-refractivity contribution < 1.29 is 14.0 Å². The number of rotatable bonds is 5. The van der Waals surface area contributed by atoms with Crippen molar-refractivity contribution in [2.75, 3.05) is 20.1 Å². The Morgan fingerprint density at radius 2 is 2.11 bits per heavy atom. The van der Waals surface area contributed by atoms with E-state index in [1.807, 2.05) is 18.9 Å². The van der Waals surface area contributed by atoms with Gasteiger partial charge in [0, 0.05) is 37.2 Å². The number of nitrogens with one attached hydrogen (secondary N) is 1. The van der Waals surface area contributed by atoms with E-state index in [1.165, 1.54) is 6.07 Å². The molecule has 152 valence electrons. The fourth-order valence-electron chi connectivity index (χ4n) is 4.12. The van der Waals surface area contributed by atoms with Crippen molar-refractivity contribution in [3.05, 3.63) is 47.3 Å². The highest BCUT2D eigenvalue weighted by molar-refractivity contribution is 5.94. The number of likely N-dealkylation sites (N-methyl/N-ethyl adjacent to an activating group) is 1. The third-order valence-electron chi connectivity index (χ3n) is 5.99. The van der Waals surface area contributed by atoms with Gasteiger partial charge in [0.2, 0.25) is 5.91 Å². The van der Waals surface area contributed by atoms with Crippen LogP contribution in [-0.2, 0) is 4.79 Å². The second-order valence-corrected chi connectivity index (χ2v) is 8.03. The van der Waals surface area contributed by atoms with E-state index in [9.17, 15) is 14.0 Å². The molecule has 1 saturated heterocycles. The van der Waals surface area contributed by atoms with Gasteiger partial charge in [-0.1, -0.05) is 18.2 Å². The van der Waals surface area contributed by atoms with Crippen LogP contribution >= 0.6 is 0 Å². The minimum atomic E-state index is -0.386. The lowest BCUT2D eigenvalue weighted by molar-refractivity contribution is -0.133. The standard InChI is InChI=1S/C22H30FN3O2/c1-15-9-10-17(13-19(15)23)22(28)24-16(2)20-8-6-12-26(20)21(27)14-18-7-4-5-11-25(18)3/h4-5,9-10,13,16,18,20H,6-8,11-12,14H2,1-3H3,(H,24,28)/t16?,18?,20-/m1/s1. The van der Waals surface area contributed by atoms with E-state index in [1.54, 1.807) is 19.1 Å². The molecule has 3 rings (SSSR count). The number of nitrogens with zero attached hydrogens (tertiary/aromatic N) is 2. The fraction of sp³-hybridized carbons (Fsp3) is 0.545. The summed E-state index contributed by atoms with van der Waals surface area (Å²) in [6, 6.07) is 4.53. The van der Waals surface area contributed by atoms with Crippen molar-refractivity contribution in [3.8, 4) is 0 Å². The van der Waals surface area contributed by atoms with Crippen LogP contribution in [-0.4, -0.2) is 59.9 Å². The highest BCUT2D eigenvalue weighted by Gasteiger charge is 2.34. The van der Waals surface area contributed by atoms with Crippen molar-refractivity contribution in [2.24, 2.45) is 0 Å². The van der Waals surface area contributed by atoms with Crippen LogP contribution in [0.25, 0.3) is 0 Å². The van der Waals surface area contributed by atoms with Crippen LogP contribution in [0.15, 0.2) is 30.4 Å². The molecule has 0 spiro atoms. The minimum absolute atomic E-state index is 0.0174. The topological polar surface area (TPSA) is 52.7 Å². The zero-order chi connectivity index (χ0) is 20.3. The second kappa shape index (κ2) is 8.86. The Labute approximate surface area is 166 Å². The lowest BCUT2D eigenvalue weighted by Gasteiger charge is -2.34. The van der Waals surface area contributed by atoms with Gasteiger partial charge < -0.3 is 10.2 Å². The zero-order valence-electron chi connectivity index (χ0n) is 17.0. The highest BCUT2D eigenvalue weighted by Crippen LogP contribution is 2.24. The maximum Gasteiger partial charge on any atom is 0.251 e. The largest absolute Gasteiger partial charge is 0.348 e. The molecule has 1 aromatic carbocycles. The van der Waals surface area contributed by atoms with Gasteiger partial charge in [-0.05, 0) is 57.9 Å². The quantitative estimate of drug-likeness (QED) is 0.791. The van der Waals surface area contributed by atoms with Crippen molar-refractivity contribution in [3.63, 3.8) is 0 Å². The Kier molecular flexibility index (Phi) is 6.50. The van der Waals surface area contributed by atoms with Crippen LogP contribution in [0.5, 0.6) is 0 Å². The number of aryl methyl sites for hydroxylation is 1. The Bertz CT molecular complexity index is 764. The monoisotopic (exact) mass is 387 g/mol. The maximum absolute atomic E-state index is 13.8. The molecular formula is C22H30FN3O2. The van der Waals surface area contributed by atoms with Crippen LogP contribution in [0.4, 0.5) is 4.39 Å². The third kappa shape index (κ3) is 4.61. The third-order valence-corrected chi connectivity index (χ3v) is 5.99. The number of hydrogen-bond donors (Lipinski definition) is 1. The summed E-state index contributed by atoms with van der Waals surface area (Å²) in [6.45, 7) is 5.20. The summed E-state index contributed by atoms with van der Waals surface area (Å²) >= 11 is 0. The summed E-state index contributed by atoms with van der Waals surface area (Å²) in [4.78, 5) is 29.6. The van der Waals surface area contributed by atoms with Crippen molar-refractivity contribution in [1.29, 1.82) is 0 Å². The fourth-order valence-corrected chi connectivity index (χ4v) is 4.12. The average Bonchev–Trinajstić information content (AvgIpc) is 3.16. The molecule has 28 heavy (non-hydrogen) atoms. The van der Waals surface area contributed by atoms with E-state index in [-0.39, 0.29) is 35.8 Å². The zero-order valence-corrected chi connectivity index (χ0v) is 17.0. The van der Waals surface area contributed by atoms with Crippen LogP contribution < -0.4 is 5.32 Å². The first-order chi connectivity index (χ1) is 13.4. The van der Waals surface area contributed by atoms with Gasteiger partial charge in [-0.3, -0.25) is 14.5 Å². The Balaban J connectivity index is 1.61. The number of carbonyl (C=O) groups is 2. The summed E-state index contributed by atoms with van der Waals surface area (Å²) in [5.74, 6) is -0.538. The molecule has 1 aromatic rings. The van der Waals surface area contributed by atoms with Crippen LogP contribution in [0.3, 0.4) is 0 Å². The van der Waals surface area contributed by atoms with Gasteiger partial charge in [-0.15, -0.1) is 0 Å². The lowest BCUT2D eigenvalue weighted by Crippen LogP contribution is -2.50. The average molecular weight is 387 g/mol. The number of benzene rings is 1. The minimum Gasteiger partial charge on any atom is -0.348 e. The molecule has 2 amide bonds. The van der Waals surface area contributed by atoms with Gasteiger partial charge in [0.1, 0.15) is 5.82 Å². The molecule has 3 atom stereocenters. The Morgan fingerprint density at radius 3 is 2.82 bits per heavy atom. The van der Waals surface area contributed by atoms with Crippen molar-refractivity contribution >= 4 is 11.8 Å². The van der Waals surface area contributed by atoms with Gasteiger partial charge in [0.15, 0.2) is 0 Å². The number of amides is 2. The van der Waals surface area contributed by atoms with Crippen molar-refractivity contribution in [1.82, 2.24) is 15.1 Å². The van der Waals surface area contributed by atoms with Gasteiger partial charge in [0.05, 0.1) is 6.04 Å². The molecule has 6 heteroatoms. The maximum atomic E-state index is 13.8. The SMILES string of the molecule is Cc1ccc(C(=O)NC(C)[C@H]2CCCN2C(=O)CC2CC=CCN2C)cc1F. The molecule has 0 aromatic heterocycles.